The molecule has 0 radical (unpaired) electrons. The molecule has 3 rings (SSSR count). The molecule has 0 N–H and O–H groups in total. The number of hydrogen-bond acceptors (Lipinski definition) is 2. The Morgan fingerprint density at radius 1 is 1.16 bits per heavy atom. The molecule has 4 nitrogen and oxygen atoms in total. The van der Waals surface area contributed by atoms with Gasteiger partial charge in [-0.3, -0.25) is 4.79 Å². The van der Waals surface area contributed by atoms with Crippen LogP contribution < -0.4 is 0 Å². The maximum absolute atomic E-state index is 12.8. The van der Waals surface area contributed by atoms with E-state index in [1.54, 1.807) is 17.4 Å². The standard InChI is InChI=1S/C20H20ClN3O/c1-2-24(14-18-5-3-4-6-19(18)21)20(25)17-9-7-16(8-10-17)13-23-12-11-22-15-23/h3-12,15H,2,13-14H2,1H3. The van der Waals surface area contributed by atoms with E-state index in [2.05, 4.69) is 4.98 Å². The van der Waals surface area contributed by atoms with Gasteiger partial charge < -0.3 is 9.47 Å². The van der Waals surface area contributed by atoms with Crippen molar-refractivity contribution in [2.75, 3.05) is 6.54 Å². The number of carbonyl (C=O) groups is 1. The molecule has 1 heterocycles. The lowest BCUT2D eigenvalue weighted by Gasteiger charge is -2.22. The summed E-state index contributed by atoms with van der Waals surface area (Å²) in [6.45, 7) is 3.85. The Labute approximate surface area is 152 Å². The van der Waals surface area contributed by atoms with Gasteiger partial charge in [0.15, 0.2) is 0 Å². The van der Waals surface area contributed by atoms with Crippen LogP contribution in [0.4, 0.5) is 0 Å². The number of hydrogen-bond donors (Lipinski definition) is 0. The van der Waals surface area contributed by atoms with Gasteiger partial charge in [-0.15, -0.1) is 0 Å². The van der Waals surface area contributed by atoms with E-state index in [1.807, 2.05) is 66.2 Å². The molecule has 0 spiro atoms. The minimum Gasteiger partial charge on any atom is -0.335 e. The molecule has 0 bridgehead atoms. The molecular weight excluding hydrogens is 334 g/mol. The lowest BCUT2D eigenvalue weighted by atomic mass is 10.1. The topological polar surface area (TPSA) is 38.1 Å². The Hall–Kier alpha value is -2.59. The second kappa shape index (κ2) is 7.99. The van der Waals surface area contributed by atoms with E-state index in [-0.39, 0.29) is 5.91 Å². The predicted octanol–water partition coefficient (Wildman–Crippen LogP) is 4.25. The maximum atomic E-state index is 12.8. The maximum Gasteiger partial charge on any atom is 0.254 e. The molecule has 2 aromatic carbocycles. The van der Waals surface area contributed by atoms with Gasteiger partial charge >= 0.3 is 0 Å². The molecule has 3 aromatic rings. The van der Waals surface area contributed by atoms with Crippen LogP contribution in [-0.4, -0.2) is 26.9 Å². The summed E-state index contributed by atoms with van der Waals surface area (Å²) in [6, 6.07) is 15.3. The zero-order chi connectivity index (χ0) is 17.6. The highest BCUT2D eigenvalue weighted by Crippen LogP contribution is 2.18. The number of benzene rings is 2. The van der Waals surface area contributed by atoms with Gasteiger partial charge in [-0.25, -0.2) is 4.98 Å². The predicted molar refractivity (Wildman–Crippen MR) is 99.6 cm³/mol. The van der Waals surface area contributed by atoms with Crippen LogP contribution >= 0.6 is 11.6 Å². The third-order valence-electron chi connectivity index (χ3n) is 4.11. The van der Waals surface area contributed by atoms with Gasteiger partial charge in [0, 0.05) is 42.6 Å². The quantitative estimate of drug-likeness (QED) is 0.664. The van der Waals surface area contributed by atoms with Crippen molar-refractivity contribution in [2.24, 2.45) is 0 Å². The first-order valence-electron chi connectivity index (χ1n) is 8.24. The summed E-state index contributed by atoms with van der Waals surface area (Å²) in [4.78, 5) is 18.6. The van der Waals surface area contributed by atoms with Crippen LogP contribution in [0.2, 0.25) is 5.02 Å². The number of imidazole rings is 1. The van der Waals surface area contributed by atoms with Crippen LogP contribution in [0.15, 0.2) is 67.3 Å². The average molecular weight is 354 g/mol. The second-order valence-electron chi connectivity index (χ2n) is 5.84. The molecule has 0 saturated carbocycles. The Kier molecular flexibility index (Phi) is 5.51. The Morgan fingerprint density at radius 2 is 1.92 bits per heavy atom. The number of nitrogens with zero attached hydrogens (tertiary/aromatic N) is 3. The van der Waals surface area contributed by atoms with Crippen LogP contribution in [0.3, 0.4) is 0 Å². The second-order valence-corrected chi connectivity index (χ2v) is 6.25. The Bertz CT molecular complexity index is 828. The van der Waals surface area contributed by atoms with Crippen molar-refractivity contribution in [3.05, 3.63) is 89.0 Å². The molecule has 0 aliphatic rings. The van der Waals surface area contributed by atoms with Crippen LogP contribution in [0.5, 0.6) is 0 Å². The molecule has 0 atom stereocenters. The molecule has 0 aliphatic carbocycles. The van der Waals surface area contributed by atoms with Gasteiger partial charge in [0.25, 0.3) is 5.91 Å². The van der Waals surface area contributed by atoms with Crippen LogP contribution in [0.1, 0.15) is 28.4 Å². The van der Waals surface area contributed by atoms with E-state index in [0.717, 1.165) is 17.7 Å². The van der Waals surface area contributed by atoms with Gasteiger partial charge in [0.05, 0.1) is 6.33 Å². The first kappa shape index (κ1) is 17.2. The van der Waals surface area contributed by atoms with E-state index in [9.17, 15) is 4.79 Å². The van der Waals surface area contributed by atoms with Crippen LogP contribution in [-0.2, 0) is 13.1 Å². The highest BCUT2D eigenvalue weighted by atomic mass is 35.5. The normalized spacial score (nSPS) is 10.6. The van der Waals surface area contributed by atoms with Crippen molar-refractivity contribution in [1.82, 2.24) is 14.5 Å². The lowest BCUT2D eigenvalue weighted by Crippen LogP contribution is -2.30. The molecule has 0 fully saturated rings. The summed E-state index contributed by atoms with van der Waals surface area (Å²) < 4.78 is 1.99. The summed E-state index contributed by atoms with van der Waals surface area (Å²) in [7, 11) is 0. The van der Waals surface area contributed by atoms with Crippen molar-refractivity contribution < 1.29 is 4.79 Å². The van der Waals surface area contributed by atoms with E-state index in [4.69, 9.17) is 11.6 Å². The monoisotopic (exact) mass is 353 g/mol. The van der Waals surface area contributed by atoms with Crippen LogP contribution in [0.25, 0.3) is 0 Å². The van der Waals surface area contributed by atoms with Gasteiger partial charge in [0.2, 0.25) is 0 Å². The fourth-order valence-corrected chi connectivity index (χ4v) is 2.88. The third kappa shape index (κ3) is 4.28. The smallest absolute Gasteiger partial charge is 0.254 e. The van der Waals surface area contributed by atoms with Crippen molar-refractivity contribution in [3.8, 4) is 0 Å². The van der Waals surface area contributed by atoms with Gasteiger partial charge in [-0.2, -0.15) is 0 Å². The number of halogens is 1. The van der Waals surface area contributed by atoms with Crippen molar-refractivity contribution in [2.45, 2.75) is 20.0 Å². The molecule has 5 heteroatoms. The van der Waals surface area contributed by atoms with Gasteiger partial charge in [-0.1, -0.05) is 41.9 Å². The first-order valence-corrected chi connectivity index (χ1v) is 8.62. The lowest BCUT2D eigenvalue weighted by molar-refractivity contribution is 0.0752. The molecule has 1 aromatic heterocycles. The zero-order valence-electron chi connectivity index (χ0n) is 14.1. The summed E-state index contributed by atoms with van der Waals surface area (Å²) >= 11 is 6.22. The van der Waals surface area contributed by atoms with E-state index >= 15 is 0 Å². The SMILES string of the molecule is CCN(Cc1ccccc1Cl)C(=O)c1ccc(Cn2ccnc2)cc1. The number of carbonyl (C=O) groups excluding carboxylic acids is 1. The van der Waals surface area contributed by atoms with Crippen LogP contribution in [0, 0.1) is 0 Å². The van der Waals surface area contributed by atoms with Crippen molar-refractivity contribution in [1.29, 1.82) is 0 Å². The fraction of sp³-hybridized carbons (Fsp3) is 0.200. The summed E-state index contributed by atoms with van der Waals surface area (Å²) in [5, 5.41) is 0.685. The summed E-state index contributed by atoms with van der Waals surface area (Å²) in [6.07, 6.45) is 5.45. The van der Waals surface area contributed by atoms with E-state index in [1.165, 1.54) is 0 Å². The average Bonchev–Trinajstić information content (AvgIpc) is 3.14. The summed E-state index contributed by atoms with van der Waals surface area (Å²) in [5.41, 5.74) is 2.77. The minimum atomic E-state index is 0.0107. The number of rotatable bonds is 6. The van der Waals surface area contributed by atoms with Gasteiger partial charge in [0.1, 0.15) is 0 Å². The third-order valence-corrected chi connectivity index (χ3v) is 4.48. The molecular formula is C20H20ClN3O. The molecule has 25 heavy (non-hydrogen) atoms. The fourth-order valence-electron chi connectivity index (χ4n) is 2.69. The Morgan fingerprint density at radius 3 is 2.56 bits per heavy atom. The highest BCUT2D eigenvalue weighted by molar-refractivity contribution is 6.31. The number of aromatic nitrogens is 2. The summed E-state index contributed by atoms with van der Waals surface area (Å²) in [5.74, 6) is 0.0107. The van der Waals surface area contributed by atoms with Crippen molar-refractivity contribution >= 4 is 17.5 Å². The van der Waals surface area contributed by atoms with E-state index < -0.39 is 0 Å². The molecule has 1 amide bonds. The molecule has 0 unspecified atom stereocenters. The largest absolute Gasteiger partial charge is 0.335 e. The van der Waals surface area contributed by atoms with Crippen molar-refractivity contribution in [3.63, 3.8) is 0 Å². The minimum absolute atomic E-state index is 0.0107. The number of amides is 1. The first-order chi connectivity index (χ1) is 12.2. The van der Waals surface area contributed by atoms with E-state index in [0.29, 0.717) is 23.7 Å². The highest BCUT2D eigenvalue weighted by Gasteiger charge is 2.15. The molecule has 0 saturated heterocycles. The Balaban J connectivity index is 1.71. The zero-order valence-corrected chi connectivity index (χ0v) is 14.9. The molecule has 0 aliphatic heterocycles. The molecule has 128 valence electrons. The van der Waals surface area contributed by atoms with Gasteiger partial charge in [-0.05, 0) is 36.2 Å².